The van der Waals surface area contributed by atoms with Gasteiger partial charge in [0.05, 0.1) is 16.5 Å². The van der Waals surface area contributed by atoms with Crippen LogP contribution in [0, 0.1) is 23.0 Å². The number of amides is 1. The van der Waals surface area contributed by atoms with E-state index >= 15 is 0 Å². The van der Waals surface area contributed by atoms with Crippen LogP contribution in [0.15, 0.2) is 47.4 Å². The van der Waals surface area contributed by atoms with Gasteiger partial charge in [-0.25, -0.2) is 8.78 Å². The van der Waals surface area contributed by atoms with E-state index in [2.05, 4.69) is 5.32 Å². The van der Waals surface area contributed by atoms with Crippen molar-refractivity contribution in [3.63, 3.8) is 0 Å². The molecule has 0 saturated heterocycles. The van der Waals surface area contributed by atoms with E-state index in [1.54, 1.807) is 31.2 Å². The normalized spacial score (nSPS) is 11.5. The molecule has 6 heteroatoms. The van der Waals surface area contributed by atoms with E-state index in [1.807, 2.05) is 6.07 Å². The summed E-state index contributed by atoms with van der Waals surface area (Å²) in [7, 11) is 0. The van der Waals surface area contributed by atoms with Gasteiger partial charge < -0.3 is 5.32 Å². The molecule has 0 spiro atoms. The standard InChI is InChI=1S/C16H12F2N2OS/c1-10(22-15-8-12(17)6-7-13(15)18)16(21)20-14-5-3-2-4-11(14)9-19/h2-8,10H,1H3,(H,20,21)/t10-/m0/s1. The van der Waals surface area contributed by atoms with E-state index in [1.165, 1.54) is 0 Å². The zero-order valence-corrected chi connectivity index (χ0v) is 12.5. The van der Waals surface area contributed by atoms with Crippen LogP contribution in [0.25, 0.3) is 0 Å². The number of hydrogen-bond donors (Lipinski definition) is 1. The molecule has 0 aliphatic rings. The lowest BCUT2D eigenvalue weighted by Crippen LogP contribution is -2.23. The van der Waals surface area contributed by atoms with Gasteiger partial charge in [-0.3, -0.25) is 4.79 Å². The number of nitriles is 1. The van der Waals surface area contributed by atoms with Crippen LogP contribution in [0.3, 0.4) is 0 Å². The average molecular weight is 318 g/mol. The number of carbonyl (C=O) groups excluding carboxylic acids is 1. The number of rotatable bonds is 4. The molecule has 0 aliphatic heterocycles. The van der Waals surface area contributed by atoms with E-state index in [-0.39, 0.29) is 4.90 Å². The third kappa shape index (κ3) is 3.83. The number of hydrogen-bond acceptors (Lipinski definition) is 3. The number of carbonyl (C=O) groups is 1. The number of para-hydroxylation sites is 1. The summed E-state index contributed by atoms with van der Waals surface area (Å²) in [5.41, 5.74) is 0.729. The van der Waals surface area contributed by atoms with Crippen LogP contribution in [0.1, 0.15) is 12.5 Å². The van der Waals surface area contributed by atoms with E-state index in [9.17, 15) is 13.6 Å². The lowest BCUT2D eigenvalue weighted by atomic mass is 10.2. The molecule has 0 saturated carbocycles. The molecule has 0 aromatic heterocycles. The van der Waals surface area contributed by atoms with Crippen molar-refractivity contribution in [2.24, 2.45) is 0 Å². The number of nitrogens with one attached hydrogen (secondary N) is 1. The molecule has 1 atom stereocenters. The molecule has 0 radical (unpaired) electrons. The lowest BCUT2D eigenvalue weighted by Gasteiger charge is -2.13. The molecule has 3 nitrogen and oxygen atoms in total. The van der Waals surface area contributed by atoms with Gasteiger partial charge in [0, 0.05) is 4.90 Å². The van der Waals surface area contributed by atoms with Crippen LogP contribution in [-0.4, -0.2) is 11.2 Å². The Hall–Kier alpha value is -2.39. The molecule has 0 fully saturated rings. The second kappa shape index (κ2) is 7.05. The maximum atomic E-state index is 13.6. The molecule has 1 amide bonds. The second-order valence-corrected chi connectivity index (χ2v) is 5.86. The number of nitrogens with zero attached hydrogens (tertiary/aromatic N) is 1. The summed E-state index contributed by atoms with van der Waals surface area (Å²) in [6.07, 6.45) is 0. The van der Waals surface area contributed by atoms with Gasteiger partial charge in [-0.15, -0.1) is 11.8 Å². The Kier molecular flexibility index (Phi) is 5.12. The summed E-state index contributed by atoms with van der Waals surface area (Å²) < 4.78 is 26.7. The van der Waals surface area contributed by atoms with Crippen LogP contribution in [-0.2, 0) is 4.79 Å². The maximum absolute atomic E-state index is 13.6. The van der Waals surface area contributed by atoms with Crippen molar-refractivity contribution < 1.29 is 13.6 Å². The van der Waals surface area contributed by atoms with Crippen molar-refractivity contribution in [1.82, 2.24) is 0 Å². The van der Waals surface area contributed by atoms with Gasteiger partial charge in [0.25, 0.3) is 0 Å². The molecule has 2 aromatic rings. The Morgan fingerprint density at radius 1 is 1.27 bits per heavy atom. The molecule has 0 aliphatic carbocycles. The molecule has 0 unspecified atom stereocenters. The summed E-state index contributed by atoms with van der Waals surface area (Å²) in [5.74, 6) is -1.54. The highest BCUT2D eigenvalue weighted by Gasteiger charge is 2.18. The first-order valence-corrected chi connectivity index (χ1v) is 7.31. The first-order valence-electron chi connectivity index (χ1n) is 6.43. The van der Waals surface area contributed by atoms with Gasteiger partial charge in [-0.05, 0) is 37.3 Å². The summed E-state index contributed by atoms with van der Waals surface area (Å²) >= 11 is 0.915. The fraction of sp³-hybridized carbons (Fsp3) is 0.125. The zero-order valence-electron chi connectivity index (χ0n) is 11.6. The highest BCUT2D eigenvalue weighted by atomic mass is 32.2. The minimum atomic E-state index is -0.650. The number of thioether (sulfide) groups is 1. The van der Waals surface area contributed by atoms with Gasteiger partial charge in [0.1, 0.15) is 17.7 Å². The van der Waals surface area contributed by atoms with Crippen molar-refractivity contribution >= 4 is 23.4 Å². The minimum absolute atomic E-state index is 0.0659. The van der Waals surface area contributed by atoms with E-state index in [4.69, 9.17) is 5.26 Å². The van der Waals surface area contributed by atoms with Crippen LogP contribution in [0.5, 0.6) is 0 Å². The molecule has 112 valence electrons. The van der Waals surface area contributed by atoms with Crippen molar-refractivity contribution in [2.45, 2.75) is 17.1 Å². The number of anilines is 1. The smallest absolute Gasteiger partial charge is 0.237 e. The first-order chi connectivity index (χ1) is 10.5. The summed E-state index contributed by atoms with van der Waals surface area (Å²) in [5, 5.41) is 10.9. The van der Waals surface area contributed by atoms with Crippen molar-refractivity contribution in [2.75, 3.05) is 5.32 Å². The largest absolute Gasteiger partial charge is 0.324 e. The topological polar surface area (TPSA) is 52.9 Å². The Morgan fingerprint density at radius 3 is 2.73 bits per heavy atom. The summed E-state index contributed by atoms with van der Waals surface area (Å²) in [6, 6.07) is 11.6. The van der Waals surface area contributed by atoms with Crippen LogP contribution in [0.4, 0.5) is 14.5 Å². The molecule has 0 bridgehead atoms. The van der Waals surface area contributed by atoms with E-state index in [0.29, 0.717) is 11.3 Å². The van der Waals surface area contributed by atoms with Gasteiger partial charge in [-0.2, -0.15) is 5.26 Å². The zero-order chi connectivity index (χ0) is 16.1. The molecule has 2 aromatic carbocycles. The third-order valence-corrected chi connectivity index (χ3v) is 4.01. The molecule has 1 N–H and O–H groups in total. The minimum Gasteiger partial charge on any atom is -0.324 e. The van der Waals surface area contributed by atoms with Crippen molar-refractivity contribution in [3.8, 4) is 6.07 Å². The quantitative estimate of drug-likeness (QED) is 0.868. The number of halogens is 2. The number of benzene rings is 2. The predicted octanol–water partition coefficient (Wildman–Crippen LogP) is 3.96. The second-order valence-electron chi connectivity index (χ2n) is 4.48. The van der Waals surface area contributed by atoms with E-state index < -0.39 is 22.8 Å². The van der Waals surface area contributed by atoms with Crippen molar-refractivity contribution in [3.05, 3.63) is 59.7 Å². The monoisotopic (exact) mass is 318 g/mol. The molecule has 2 rings (SSSR count). The Bertz CT molecular complexity index is 743. The highest BCUT2D eigenvalue weighted by Crippen LogP contribution is 2.27. The Labute approximate surface area is 131 Å². The first kappa shape index (κ1) is 16.0. The molecular weight excluding hydrogens is 306 g/mol. The summed E-state index contributed by atoms with van der Waals surface area (Å²) in [6.45, 7) is 1.58. The molecular formula is C16H12F2N2OS. The summed E-state index contributed by atoms with van der Waals surface area (Å²) in [4.78, 5) is 12.2. The lowest BCUT2D eigenvalue weighted by molar-refractivity contribution is -0.115. The van der Waals surface area contributed by atoms with Gasteiger partial charge >= 0.3 is 0 Å². The maximum Gasteiger partial charge on any atom is 0.237 e. The fourth-order valence-corrected chi connectivity index (χ4v) is 2.64. The molecule has 22 heavy (non-hydrogen) atoms. The van der Waals surface area contributed by atoms with Gasteiger partial charge in [-0.1, -0.05) is 12.1 Å². The Balaban J connectivity index is 2.10. The van der Waals surface area contributed by atoms with Crippen LogP contribution in [0.2, 0.25) is 0 Å². The average Bonchev–Trinajstić information content (AvgIpc) is 2.51. The van der Waals surface area contributed by atoms with Gasteiger partial charge in [0.2, 0.25) is 5.91 Å². The highest BCUT2D eigenvalue weighted by molar-refractivity contribution is 8.00. The molecule has 0 heterocycles. The third-order valence-electron chi connectivity index (χ3n) is 2.87. The fourth-order valence-electron chi connectivity index (χ4n) is 1.74. The van der Waals surface area contributed by atoms with Crippen molar-refractivity contribution in [1.29, 1.82) is 5.26 Å². The SMILES string of the molecule is C[C@H](Sc1cc(F)ccc1F)C(=O)Nc1ccccc1C#N. The van der Waals surface area contributed by atoms with E-state index in [0.717, 1.165) is 30.0 Å². The predicted molar refractivity (Wildman–Crippen MR) is 81.5 cm³/mol. The van der Waals surface area contributed by atoms with Crippen LogP contribution < -0.4 is 5.32 Å². The van der Waals surface area contributed by atoms with Crippen LogP contribution >= 0.6 is 11.8 Å². The van der Waals surface area contributed by atoms with Gasteiger partial charge in [0.15, 0.2) is 0 Å². The Morgan fingerprint density at radius 2 is 2.00 bits per heavy atom.